The normalized spacial score (nSPS) is 15.9. The fraction of sp³-hybridized carbons (Fsp3) is 0.462. The first-order valence-electron chi connectivity index (χ1n) is 5.33. The Labute approximate surface area is 85.1 Å². The van der Waals surface area contributed by atoms with Gasteiger partial charge in [0, 0.05) is 11.5 Å². The van der Waals surface area contributed by atoms with Gasteiger partial charge in [0.15, 0.2) is 5.78 Å². The lowest BCUT2D eigenvalue weighted by Crippen LogP contribution is -2.09. The van der Waals surface area contributed by atoms with Gasteiger partial charge in [0.05, 0.1) is 0 Å². The second-order valence-electron chi connectivity index (χ2n) is 4.38. The highest BCUT2D eigenvalue weighted by atomic mass is 16.1. The predicted octanol–water partition coefficient (Wildman–Crippen LogP) is 3.40. The molecule has 1 aliphatic carbocycles. The molecule has 1 heteroatoms. The summed E-state index contributed by atoms with van der Waals surface area (Å²) in [5, 5.41) is 0. The molecule has 1 aromatic rings. The van der Waals surface area contributed by atoms with Crippen LogP contribution in [0.15, 0.2) is 24.3 Å². The van der Waals surface area contributed by atoms with Crippen molar-refractivity contribution in [2.45, 2.75) is 32.6 Å². The van der Waals surface area contributed by atoms with Gasteiger partial charge in [0.2, 0.25) is 0 Å². The standard InChI is InChI=1S/C13H16O/c1-9(2)13(14)12-6-4-3-5-11(12)10-7-8-10/h3-6,9-10H,7-8H2,1-2H3. The molecular weight excluding hydrogens is 172 g/mol. The van der Waals surface area contributed by atoms with Crippen LogP contribution in [-0.4, -0.2) is 5.78 Å². The smallest absolute Gasteiger partial charge is 0.165 e. The first-order valence-corrected chi connectivity index (χ1v) is 5.33. The Morgan fingerprint density at radius 2 is 1.93 bits per heavy atom. The fourth-order valence-electron chi connectivity index (χ4n) is 1.78. The summed E-state index contributed by atoms with van der Waals surface area (Å²) < 4.78 is 0. The van der Waals surface area contributed by atoms with Crippen molar-refractivity contribution < 1.29 is 4.79 Å². The van der Waals surface area contributed by atoms with Crippen molar-refractivity contribution in [2.24, 2.45) is 5.92 Å². The molecule has 0 saturated heterocycles. The molecule has 0 aromatic heterocycles. The highest BCUT2D eigenvalue weighted by molar-refractivity contribution is 5.99. The highest BCUT2D eigenvalue weighted by Crippen LogP contribution is 2.41. The molecule has 0 spiro atoms. The van der Waals surface area contributed by atoms with E-state index in [4.69, 9.17) is 0 Å². The Balaban J connectivity index is 2.36. The van der Waals surface area contributed by atoms with E-state index >= 15 is 0 Å². The first kappa shape index (κ1) is 9.45. The molecule has 0 amide bonds. The molecule has 0 atom stereocenters. The number of carbonyl (C=O) groups is 1. The first-order chi connectivity index (χ1) is 6.70. The lowest BCUT2D eigenvalue weighted by Gasteiger charge is -2.09. The summed E-state index contributed by atoms with van der Waals surface area (Å²) in [6.45, 7) is 3.93. The van der Waals surface area contributed by atoms with E-state index in [-0.39, 0.29) is 11.7 Å². The molecule has 14 heavy (non-hydrogen) atoms. The lowest BCUT2D eigenvalue weighted by atomic mass is 9.94. The van der Waals surface area contributed by atoms with Gasteiger partial charge >= 0.3 is 0 Å². The van der Waals surface area contributed by atoms with E-state index in [2.05, 4.69) is 6.07 Å². The molecule has 0 bridgehead atoms. The van der Waals surface area contributed by atoms with E-state index in [0.29, 0.717) is 5.92 Å². The maximum atomic E-state index is 11.9. The minimum absolute atomic E-state index is 0.106. The maximum Gasteiger partial charge on any atom is 0.165 e. The third-order valence-electron chi connectivity index (χ3n) is 2.77. The average molecular weight is 188 g/mol. The van der Waals surface area contributed by atoms with Crippen molar-refractivity contribution in [1.82, 2.24) is 0 Å². The molecular formula is C13H16O. The molecule has 0 unspecified atom stereocenters. The van der Waals surface area contributed by atoms with Crippen LogP contribution in [0.1, 0.15) is 48.5 Å². The van der Waals surface area contributed by atoms with E-state index in [1.807, 2.05) is 32.0 Å². The van der Waals surface area contributed by atoms with Gasteiger partial charge in [-0.1, -0.05) is 38.1 Å². The van der Waals surface area contributed by atoms with E-state index in [0.717, 1.165) is 5.56 Å². The molecule has 0 heterocycles. The van der Waals surface area contributed by atoms with Crippen molar-refractivity contribution in [1.29, 1.82) is 0 Å². The highest BCUT2D eigenvalue weighted by Gasteiger charge is 2.27. The molecule has 74 valence electrons. The number of ketones is 1. The van der Waals surface area contributed by atoms with Crippen molar-refractivity contribution in [3.05, 3.63) is 35.4 Å². The van der Waals surface area contributed by atoms with Crippen molar-refractivity contribution >= 4 is 5.78 Å². The summed E-state index contributed by atoms with van der Waals surface area (Å²) in [5.41, 5.74) is 2.22. The molecule has 1 aromatic carbocycles. The molecule has 0 N–H and O–H groups in total. The second kappa shape index (κ2) is 3.56. The topological polar surface area (TPSA) is 17.1 Å². The summed E-state index contributed by atoms with van der Waals surface area (Å²) in [6, 6.07) is 8.07. The van der Waals surface area contributed by atoms with Crippen LogP contribution in [0.25, 0.3) is 0 Å². The van der Waals surface area contributed by atoms with Gasteiger partial charge in [0.1, 0.15) is 0 Å². The van der Waals surface area contributed by atoms with Gasteiger partial charge < -0.3 is 0 Å². The molecule has 1 saturated carbocycles. The number of benzene rings is 1. The average Bonchev–Trinajstić information content (AvgIpc) is 3.00. The van der Waals surface area contributed by atoms with E-state index in [1.165, 1.54) is 18.4 Å². The summed E-state index contributed by atoms with van der Waals surface area (Å²) in [7, 11) is 0. The number of hydrogen-bond donors (Lipinski definition) is 0. The van der Waals surface area contributed by atoms with Crippen molar-refractivity contribution in [3.8, 4) is 0 Å². The number of rotatable bonds is 3. The third kappa shape index (κ3) is 1.72. The summed E-state index contributed by atoms with van der Waals surface area (Å²) in [6.07, 6.45) is 2.50. The van der Waals surface area contributed by atoms with Crippen LogP contribution in [0.3, 0.4) is 0 Å². The van der Waals surface area contributed by atoms with Gasteiger partial charge in [-0.2, -0.15) is 0 Å². The molecule has 1 aliphatic rings. The van der Waals surface area contributed by atoms with Crippen LogP contribution in [0, 0.1) is 5.92 Å². The predicted molar refractivity (Wildman–Crippen MR) is 57.6 cm³/mol. The Hall–Kier alpha value is -1.11. The van der Waals surface area contributed by atoms with Gasteiger partial charge in [-0.15, -0.1) is 0 Å². The zero-order valence-electron chi connectivity index (χ0n) is 8.79. The van der Waals surface area contributed by atoms with Gasteiger partial charge in [-0.05, 0) is 24.3 Å². The zero-order valence-corrected chi connectivity index (χ0v) is 8.79. The molecule has 1 nitrogen and oxygen atoms in total. The van der Waals surface area contributed by atoms with E-state index in [9.17, 15) is 4.79 Å². The van der Waals surface area contributed by atoms with Crippen molar-refractivity contribution in [2.75, 3.05) is 0 Å². The number of carbonyl (C=O) groups excluding carboxylic acids is 1. The van der Waals surface area contributed by atoms with E-state index in [1.54, 1.807) is 0 Å². The SMILES string of the molecule is CC(C)C(=O)c1ccccc1C1CC1. The molecule has 2 rings (SSSR count). The maximum absolute atomic E-state index is 11.9. The molecule has 0 radical (unpaired) electrons. The summed E-state index contributed by atoms with van der Waals surface area (Å²) in [4.78, 5) is 11.9. The fourth-order valence-corrected chi connectivity index (χ4v) is 1.78. The second-order valence-corrected chi connectivity index (χ2v) is 4.38. The largest absolute Gasteiger partial charge is 0.294 e. The summed E-state index contributed by atoms with van der Waals surface area (Å²) >= 11 is 0. The van der Waals surface area contributed by atoms with E-state index < -0.39 is 0 Å². The Morgan fingerprint density at radius 1 is 1.29 bits per heavy atom. The van der Waals surface area contributed by atoms with Gasteiger partial charge in [0.25, 0.3) is 0 Å². The van der Waals surface area contributed by atoms with Crippen molar-refractivity contribution in [3.63, 3.8) is 0 Å². The zero-order chi connectivity index (χ0) is 10.1. The molecule has 1 fully saturated rings. The van der Waals surface area contributed by atoms with Crippen LogP contribution in [0.2, 0.25) is 0 Å². The quantitative estimate of drug-likeness (QED) is 0.664. The Bertz CT molecular complexity index is 348. The van der Waals surface area contributed by atoms with Crippen LogP contribution in [0.4, 0.5) is 0 Å². The summed E-state index contributed by atoms with van der Waals surface area (Å²) in [5.74, 6) is 1.05. The van der Waals surface area contributed by atoms with Crippen LogP contribution in [-0.2, 0) is 0 Å². The van der Waals surface area contributed by atoms with Crippen LogP contribution < -0.4 is 0 Å². The van der Waals surface area contributed by atoms with Crippen LogP contribution in [0.5, 0.6) is 0 Å². The minimum atomic E-state index is 0.106. The monoisotopic (exact) mass is 188 g/mol. The molecule has 0 aliphatic heterocycles. The van der Waals surface area contributed by atoms with Gasteiger partial charge in [-0.25, -0.2) is 0 Å². The van der Waals surface area contributed by atoms with Crippen LogP contribution >= 0.6 is 0 Å². The lowest BCUT2D eigenvalue weighted by molar-refractivity contribution is 0.0938. The Kier molecular flexibility index (Phi) is 2.40. The Morgan fingerprint density at radius 3 is 2.50 bits per heavy atom. The van der Waals surface area contributed by atoms with Gasteiger partial charge in [-0.3, -0.25) is 4.79 Å². The third-order valence-corrected chi connectivity index (χ3v) is 2.77. The number of hydrogen-bond acceptors (Lipinski definition) is 1. The minimum Gasteiger partial charge on any atom is -0.294 e. The number of Topliss-reactive ketones (excluding diaryl/α,β-unsaturated/α-hetero) is 1.